The number of nitrogens with one attached hydrogen (secondary N) is 2. The van der Waals surface area contributed by atoms with Crippen molar-refractivity contribution in [2.75, 3.05) is 23.3 Å². The normalized spacial score (nSPS) is 17.9. The molecule has 0 atom stereocenters. The third-order valence-corrected chi connectivity index (χ3v) is 6.10. The van der Waals surface area contributed by atoms with Crippen molar-refractivity contribution in [3.05, 3.63) is 70.9 Å². The van der Waals surface area contributed by atoms with Gasteiger partial charge in [-0.3, -0.25) is 9.59 Å². The predicted octanol–water partition coefficient (Wildman–Crippen LogP) is 4.52. The van der Waals surface area contributed by atoms with Crippen molar-refractivity contribution in [2.45, 2.75) is 33.2 Å². The molecule has 2 heterocycles. The average molecular weight is 481 g/mol. The largest absolute Gasteiger partial charge is 0.363 e. The highest BCUT2D eigenvalue weighted by atomic mass is 19.1. The van der Waals surface area contributed by atoms with Gasteiger partial charge in [-0.05, 0) is 75.7 Å². The van der Waals surface area contributed by atoms with Crippen LogP contribution in [0.25, 0.3) is 11.6 Å². The maximum absolute atomic E-state index is 15.1. The highest BCUT2D eigenvalue weighted by molar-refractivity contribution is 6.16. The van der Waals surface area contributed by atoms with E-state index in [1.165, 1.54) is 36.4 Å². The number of fused-ring (bicyclic) bond motifs is 1. The van der Waals surface area contributed by atoms with Gasteiger partial charge in [0.2, 0.25) is 5.91 Å². The average Bonchev–Trinajstić information content (AvgIpc) is 3.03. The van der Waals surface area contributed by atoms with E-state index >= 15 is 4.39 Å². The number of anilines is 2. The van der Waals surface area contributed by atoms with Gasteiger partial charge in [-0.1, -0.05) is 6.08 Å². The van der Waals surface area contributed by atoms with Crippen LogP contribution in [0, 0.1) is 11.6 Å². The van der Waals surface area contributed by atoms with Gasteiger partial charge in [0.25, 0.3) is 5.91 Å². The molecule has 0 unspecified atom stereocenters. The molecule has 9 heteroatoms. The number of hydrogen-bond acceptors (Lipinski definition) is 4. The topological polar surface area (TPSA) is 81.8 Å². The highest BCUT2D eigenvalue weighted by Crippen LogP contribution is 2.40. The minimum Gasteiger partial charge on any atom is -0.363 e. The summed E-state index contributed by atoms with van der Waals surface area (Å²) in [6.07, 6.45) is 3.38. The Morgan fingerprint density at radius 1 is 1.14 bits per heavy atom. The van der Waals surface area contributed by atoms with Crippen molar-refractivity contribution in [1.82, 2.24) is 10.2 Å². The monoisotopic (exact) mass is 480 g/mol. The molecule has 0 saturated carbocycles. The summed E-state index contributed by atoms with van der Waals surface area (Å²) >= 11 is 0. The zero-order valence-electron chi connectivity index (χ0n) is 19.9. The molecule has 2 aliphatic heterocycles. The third kappa shape index (κ3) is 4.66. The molecule has 2 aliphatic rings. The van der Waals surface area contributed by atoms with E-state index in [0.29, 0.717) is 12.2 Å². The van der Waals surface area contributed by atoms with Crippen LogP contribution in [0.15, 0.2) is 48.2 Å². The molecule has 2 aromatic carbocycles. The maximum Gasteiger partial charge on any atom is 0.329 e. The molecule has 2 N–H and O–H groups in total. The minimum atomic E-state index is -0.788. The van der Waals surface area contributed by atoms with Gasteiger partial charge in [0.05, 0.1) is 5.54 Å². The molecule has 2 aromatic rings. The SMILES string of the molecule is CCN1c2cc(F)c(/C=C3/NC(=O)N(CC(=O)Nc4ccc(F)cc4)C3=O)cc2C(C)=CC1(C)C. The van der Waals surface area contributed by atoms with Crippen LogP contribution in [0.3, 0.4) is 0 Å². The van der Waals surface area contributed by atoms with Crippen molar-refractivity contribution < 1.29 is 23.2 Å². The predicted molar refractivity (Wildman–Crippen MR) is 130 cm³/mol. The van der Waals surface area contributed by atoms with Crippen LogP contribution in [0.2, 0.25) is 0 Å². The van der Waals surface area contributed by atoms with Gasteiger partial charge in [0, 0.05) is 29.0 Å². The first kappa shape index (κ1) is 24.1. The Morgan fingerprint density at radius 2 is 1.83 bits per heavy atom. The van der Waals surface area contributed by atoms with Crippen LogP contribution in [0.5, 0.6) is 0 Å². The second-order valence-corrected chi connectivity index (χ2v) is 9.05. The van der Waals surface area contributed by atoms with Crippen LogP contribution < -0.4 is 15.5 Å². The summed E-state index contributed by atoms with van der Waals surface area (Å²) < 4.78 is 28.1. The van der Waals surface area contributed by atoms with Gasteiger partial charge in [0.15, 0.2) is 0 Å². The Labute approximate surface area is 202 Å². The molecule has 4 amide bonds. The maximum atomic E-state index is 15.1. The number of hydrogen-bond donors (Lipinski definition) is 2. The van der Waals surface area contributed by atoms with Crippen molar-refractivity contribution in [3.63, 3.8) is 0 Å². The first-order chi connectivity index (χ1) is 16.5. The molecule has 182 valence electrons. The van der Waals surface area contributed by atoms with E-state index < -0.39 is 36.0 Å². The van der Waals surface area contributed by atoms with E-state index in [1.807, 2.05) is 13.8 Å². The number of imide groups is 1. The summed E-state index contributed by atoms with van der Waals surface area (Å²) in [5.41, 5.74) is 2.65. The van der Waals surface area contributed by atoms with Gasteiger partial charge >= 0.3 is 6.03 Å². The van der Waals surface area contributed by atoms with E-state index in [0.717, 1.165) is 21.7 Å². The number of urea groups is 1. The minimum absolute atomic E-state index is 0.131. The lowest BCUT2D eigenvalue weighted by molar-refractivity contribution is -0.127. The van der Waals surface area contributed by atoms with Gasteiger partial charge < -0.3 is 15.5 Å². The fourth-order valence-electron chi connectivity index (χ4n) is 4.55. The number of halogens is 2. The van der Waals surface area contributed by atoms with Crippen LogP contribution in [-0.2, 0) is 9.59 Å². The molecule has 35 heavy (non-hydrogen) atoms. The zero-order valence-corrected chi connectivity index (χ0v) is 19.9. The first-order valence-corrected chi connectivity index (χ1v) is 11.2. The number of likely N-dealkylation sites (N-methyl/N-ethyl adjacent to an activating group) is 1. The van der Waals surface area contributed by atoms with Crippen LogP contribution in [0.1, 0.15) is 38.8 Å². The first-order valence-electron chi connectivity index (χ1n) is 11.2. The van der Waals surface area contributed by atoms with Gasteiger partial charge in [-0.25, -0.2) is 18.5 Å². The standard InChI is InChI=1S/C26H26F2N4O3/c1-5-32-22-12-20(28)16(10-19(22)15(2)13-26(32,3)4)11-21-24(34)31(25(35)30-21)14-23(33)29-18-8-6-17(27)7-9-18/h6-13H,5,14H2,1-4H3,(H,29,33)(H,30,35)/b21-11+. The molecule has 0 bridgehead atoms. The summed E-state index contributed by atoms with van der Waals surface area (Å²) in [6, 6.07) is 7.39. The van der Waals surface area contributed by atoms with E-state index in [1.54, 1.807) is 6.07 Å². The molecular formula is C26H26F2N4O3. The molecule has 1 saturated heterocycles. The summed E-state index contributed by atoms with van der Waals surface area (Å²) in [5, 5.41) is 4.90. The Hall–Kier alpha value is -4.01. The highest BCUT2D eigenvalue weighted by Gasteiger charge is 2.36. The molecule has 0 aromatic heterocycles. The van der Waals surface area contributed by atoms with Crippen molar-refractivity contribution >= 4 is 40.9 Å². The second kappa shape index (κ2) is 8.98. The van der Waals surface area contributed by atoms with Crippen LogP contribution in [0.4, 0.5) is 25.0 Å². The van der Waals surface area contributed by atoms with Crippen LogP contribution in [-0.4, -0.2) is 41.4 Å². The van der Waals surface area contributed by atoms with Crippen LogP contribution >= 0.6 is 0 Å². The molecule has 0 spiro atoms. The molecular weight excluding hydrogens is 454 g/mol. The van der Waals surface area contributed by atoms with Gasteiger partial charge in [0.1, 0.15) is 23.9 Å². The number of benzene rings is 2. The Bertz CT molecular complexity index is 1280. The number of carbonyl (C=O) groups excluding carboxylic acids is 3. The van der Waals surface area contributed by atoms with Crippen molar-refractivity contribution in [1.29, 1.82) is 0 Å². The lowest BCUT2D eigenvalue weighted by Gasteiger charge is -2.42. The molecule has 4 rings (SSSR count). The van der Waals surface area contributed by atoms with Gasteiger partial charge in [-0.15, -0.1) is 0 Å². The number of nitrogens with zero attached hydrogens (tertiary/aromatic N) is 2. The fraction of sp³-hybridized carbons (Fsp3) is 0.269. The number of rotatable bonds is 5. The second-order valence-electron chi connectivity index (χ2n) is 9.05. The Morgan fingerprint density at radius 3 is 2.49 bits per heavy atom. The zero-order chi connectivity index (χ0) is 25.5. The number of amides is 4. The number of carbonyl (C=O) groups is 3. The van der Waals surface area contributed by atoms with Crippen molar-refractivity contribution in [3.8, 4) is 0 Å². The smallest absolute Gasteiger partial charge is 0.329 e. The molecule has 0 aliphatic carbocycles. The summed E-state index contributed by atoms with van der Waals surface area (Å²) in [4.78, 5) is 40.3. The Balaban J connectivity index is 1.56. The van der Waals surface area contributed by atoms with E-state index in [4.69, 9.17) is 0 Å². The van der Waals surface area contributed by atoms with E-state index in [9.17, 15) is 18.8 Å². The third-order valence-electron chi connectivity index (χ3n) is 6.10. The molecule has 0 radical (unpaired) electrons. The lowest BCUT2D eigenvalue weighted by atomic mass is 9.88. The molecule has 1 fully saturated rings. The summed E-state index contributed by atoms with van der Waals surface area (Å²) in [7, 11) is 0. The summed E-state index contributed by atoms with van der Waals surface area (Å²) in [6.45, 7) is 8.21. The van der Waals surface area contributed by atoms with Crippen molar-refractivity contribution in [2.24, 2.45) is 0 Å². The lowest BCUT2D eigenvalue weighted by Crippen LogP contribution is -2.45. The quantitative estimate of drug-likeness (QED) is 0.487. The number of allylic oxidation sites excluding steroid dienone is 1. The summed E-state index contributed by atoms with van der Waals surface area (Å²) in [5.74, 6) is -2.37. The fourth-order valence-corrected chi connectivity index (χ4v) is 4.55. The van der Waals surface area contributed by atoms with E-state index in [2.05, 4.69) is 35.5 Å². The Kier molecular flexibility index (Phi) is 6.19. The molecule has 7 nitrogen and oxygen atoms in total. The van der Waals surface area contributed by atoms with Gasteiger partial charge in [-0.2, -0.15) is 0 Å². The van der Waals surface area contributed by atoms with E-state index in [-0.39, 0.29) is 16.8 Å².